The highest BCUT2D eigenvalue weighted by molar-refractivity contribution is 6.33. The maximum atomic E-state index is 12.9. The molecule has 41 heavy (non-hydrogen) atoms. The van der Waals surface area contributed by atoms with Gasteiger partial charge in [-0.05, 0) is 78.9 Å². The third-order valence-electron chi connectivity index (χ3n) is 5.87. The second-order valence-corrected chi connectivity index (χ2v) is 10.0. The van der Waals surface area contributed by atoms with E-state index >= 15 is 0 Å². The van der Waals surface area contributed by atoms with E-state index in [-0.39, 0.29) is 35.9 Å². The van der Waals surface area contributed by atoms with Crippen LogP contribution in [0.5, 0.6) is 11.5 Å². The van der Waals surface area contributed by atoms with Crippen molar-refractivity contribution in [3.05, 3.63) is 82.4 Å². The van der Waals surface area contributed by atoms with Gasteiger partial charge in [0.05, 0.1) is 16.3 Å². The van der Waals surface area contributed by atoms with Crippen LogP contribution in [0.1, 0.15) is 55.7 Å². The first-order valence-electron chi connectivity index (χ1n) is 12.8. The SMILES string of the molecule is Cc1ccc(C(C)C)c(Oc2ccc(NC(=O)CCCC(=O)OCC(=O)Nc3cc(C(F)(F)F)ccc3Cl)cc2)c1. The minimum absolute atomic E-state index is 0.0282. The number of aryl methyl sites for hydroxylation is 1. The van der Waals surface area contributed by atoms with Crippen molar-refractivity contribution in [3.8, 4) is 11.5 Å². The molecule has 0 radical (unpaired) electrons. The molecule has 0 spiro atoms. The van der Waals surface area contributed by atoms with Crippen molar-refractivity contribution in [2.45, 2.75) is 52.1 Å². The summed E-state index contributed by atoms with van der Waals surface area (Å²) in [5.74, 6) is -0.210. The number of benzene rings is 3. The Morgan fingerprint density at radius 3 is 2.27 bits per heavy atom. The van der Waals surface area contributed by atoms with Gasteiger partial charge >= 0.3 is 12.1 Å². The molecule has 0 saturated carbocycles. The topological polar surface area (TPSA) is 93.7 Å². The third-order valence-corrected chi connectivity index (χ3v) is 6.20. The Bertz CT molecular complexity index is 1390. The smallest absolute Gasteiger partial charge is 0.416 e. The number of hydrogen-bond donors (Lipinski definition) is 2. The van der Waals surface area contributed by atoms with Gasteiger partial charge in [-0.1, -0.05) is 37.6 Å². The average molecular weight is 591 g/mol. The summed E-state index contributed by atoms with van der Waals surface area (Å²) in [5, 5.41) is 4.83. The molecule has 3 rings (SSSR count). The predicted octanol–water partition coefficient (Wildman–Crippen LogP) is 7.87. The zero-order chi connectivity index (χ0) is 30.2. The zero-order valence-corrected chi connectivity index (χ0v) is 23.5. The molecule has 2 N–H and O–H groups in total. The first-order chi connectivity index (χ1) is 19.3. The van der Waals surface area contributed by atoms with Crippen LogP contribution >= 0.6 is 11.6 Å². The van der Waals surface area contributed by atoms with Crippen molar-refractivity contribution < 1.29 is 37.0 Å². The summed E-state index contributed by atoms with van der Waals surface area (Å²) in [6.45, 7) is 5.46. The van der Waals surface area contributed by atoms with Gasteiger partial charge in [-0.3, -0.25) is 14.4 Å². The van der Waals surface area contributed by atoms with Crippen LogP contribution in [0.2, 0.25) is 5.02 Å². The number of hydrogen-bond acceptors (Lipinski definition) is 5. The lowest BCUT2D eigenvalue weighted by Gasteiger charge is -2.15. The molecule has 0 saturated heterocycles. The molecule has 0 heterocycles. The van der Waals surface area contributed by atoms with E-state index in [1.54, 1.807) is 24.3 Å². The Balaban J connectivity index is 1.40. The van der Waals surface area contributed by atoms with Gasteiger partial charge in [0, 0.05) is 18.5 Å². The van der Waals surface area contributed by atoms with Crippen molar-refractivity contribution in [2.75, 3.05) is 17.2 Å². The quantitative estimate of drug-likeness (QED) is 0.222. The number of rotatable bonds is 11. The van der Waals surface area contributed by atoms with Crippen LogP contribution in [0.4, 0.5) is 24.5 Å². The number of esters is 1. The van der Waals surface area contributed by atoms with Crippen molar-refractivity contribution in [1.29, 1.82) is 0 Å². The highest BCUT2D eigenvalue weighted by atomic mass is 35.5. The highest BCUT2D eigenvalue weighted by Gasteiger charge is 2.31. The standard InChI is InChI=1S/C30H30ClF3N2O5/c1-18(2)23-13-7-19(3)15-26(23)41-22-11-9-21(10-12-22)35-27(37)5-4-6-29(39)40-17-28(38)36-25-16-20(30(32,33)34)8-14-24(25)31/h7-16,18H,4-6,17H2,1-3H3,(H,35,37)(H,36,38). The molecule has 0 aliphatic rings. The van der Waals surface area contributed by atoms with Gasteiger partial charge in [0.25, 0.3) is 5.91 Å². The number of carbonyl (C=O) groups is 3. The highest BCUT2D eigenvalue weighted by Crippen LogP contribution is 2.34. The molecule has 3 aromatic rings. The molecule has 11 heteroatoms. The van der Waals surface area contributed by atoms with E-state index in [9.17, 15) is 27.6 Å². The first-order valence-corrected chi connectivity index (χ1v) is 13.2. The fourth-order valence-electron chi connectivity index (χ4n) is 3.76. The Kier molecular flexibility index (Phi) is 10.8. The molecular weight excluding hydrogens is 561 g/mol. The number of amides is 2. The van der Waals surface area contributed by atoms with E-state index in [0.717, 1.165) is 29.0 Å². The molecule has 2 amide bonds. The third kappa shape index (κ3) is 9.82. The van der Waals surface area contributed by atoms with Gasteiger partial charge in [-0.15, -0.1) is 0 Å². The molecule has 0 aliphatic heterocycles. The summed E-state index contributed by atoms with van der Waals surface area (Å²) < 4.78 is 49.5. The first kappa shape index (κ1) is 31.5. The van der Waals surface area contributed by atoms with Crippen LogP contribution < -0.4 is 15.4 Å². The fourth-order valence-corrected chi connectivity index (χ4v) is 3.92. The maximum absolute atomic E-state index is 12.9. The summed E-state index contributed by atoms with van der Waals surface area (Å²) in [6, 6.07) is 15.5. The summed E-state index contributed by atoms with van der Waals surface area (Å²) in [4.78, 5) is 36.2. The summed E-state index contributed by atoms with van der Waals surface area (Å²) >= 11 is 5.84. The molecule has 0 atom stereocenters. The average Bonchev–Trinajstić information content (AvgIpc) is 2.89. The molecule has 0 unspecified atom stereocenters. The van der Waals surface area contributed by atoms with Crippen LogP contribution in [0, 0.1) is 6.92 Å². The van der Waals surface area contributed by atoms with E-state index in [1.165, 1.54) is 0 Å². The lowest BCUT2D eigenvalue weighted by Crippen LogP contribution is -2.21. The van der Waals surface area contributed by atoms with Crippen molar-refractivity contribution in [1.82, 2.24) is 0 Å². The van der Waals surface area contributed by atoms with E-state index < -0.39 is 30.2 Å². The number of nitrogens with one attached hydrogen (secondary N) is 2. The molecular formula is C30H30ClF3N2O5. The van der Waals surface area contributed by atoms with E-state index in [0.29, 0.717) is 23.4 Å². The molecule has 0 aromatic heterocycles. The van der Waals surface area contributed by atoms with Gasteiger partial charge in [-0.25, -0.2) is 0 Å². The second kappa shape index (κ2) is 14.0. The molecule has 0 aliphatic carbocycles. The number of halogens is 4. The maximum Gasteiger partial charge on any atom is 0.416 e. The second-order valence-electron chi connectivity index (χ2n) is 9.63. The van der Waals surface area contributed by atoms with E-state index in [2.05, 4.69) is 24.5 Å². The minimum Gasteiger partial charge on any atom is -0.457 e. The Morgan fingerprint density at radius 2 is 1.61 bits per heavy atom. The normalized spacial score (nSPS) is 11.2. The molecule has 218 valence electrons. The predicted molar refractivity (Wildman–Crippen MR) is 150 cm³/mol. The summed E-state index contributed by atoms with van der Waals surface area (Å²) in [7, 11) is 0. The number of carbonyl (C=O) groups excluding carboxylic acids is 3. The number of ether oxygens (including phenoxy) is 2. The van der Waals surface area contributed by atoms with Gasteiger partial charge in [-0.2, -0.15) is 13.2 Å². The van der Waals surface area contributed by atoms with Gasteiger partial charge < -0.3 is 20.1 Å². The lowest BCUT2D eigenvalue weighted by molar-refractivity contribution is -0.147. The van der Waals surface area contributed by atoms with Gasteiger partial charge in [0.15, 0.2) is 6.61 Å². The summed E-state index contributed by atoms with van der Waals surface area (Å²) in [5.41, 5.74) is 1.49. The van der Waals surface area contributed by atoms with E-state index in [1.807, 2.05) is 25.1 Å². The van der Waals surface area contributed by atoms with Crippen LogP contribution in [-0.2, 0) is 25.3 Å². The minimum atomic E-state index is -4.61. The molecule has 3 aromatic carbocycles. The molecule has 0 bridgehead atoms. The van der Waals surface area contributed by atoms with Crippen LogP contribution in [-0.4, -0.2) is 24.4 Å². The number of alkyl halides is 3. The molecule has 7 nitrogen and oxygen atoms in total. The van der Waals surface area contributed by atoms with Crippen LogP contribution in [0.3, 0.4) is 0 Å². The van der Waals surface area contributed by atoms with Crippen molar-refractivity contribution in [2.24, 2.45) is 0 Å². The Morgan fingerprint density at radius 1 is 0.902 bits per heavy atom. The van der Waals surface area contributed by atoms with Crippen molar-refractivity contribution >= 4 is 40.8 Å². The fraction of sp³-hybridized carbons (Fsp3) is 0.300. The Hall–Kier alpha value is -4.05. The van der Waals surface area contributed by atoms with Gasteiger partial charge in [0.1, 0.15) is 11.5 Å². The zero-order valence-electron chi connectivity index (χ0n) is 22.7. The largest absolute Gasteiger partial charge is 0.457 e. The molecule has 0 fully saturated rings. The van der Waals surface area contributed by atoms with Crippen molar-refractivity contribution in [3.63, 3.8) is 0 Å². The van der Waals surface area contributed by atoms with Gasteiger partial charge in [0.2, 0.25) is 5.91 Å². The Labute approximate surface area is 241 Å². The lowest BCUT2D eigenvalue weighted by atomic mass is 10.0. The van der Waals surface area contributed by atoms with Crippen LogP contribution in [0.25, 0.3) is 0 Å². The van der Waals surface area contributed by atoms with E-state index in [4.69, 9.17) is 21.1 Å². The number of anilines is 2. The monoisotopic (exact) mass is 590 g/mol. The van der Waals surface area contributed by atoms with Crippen LogP contribution in [0.15, 0.2) is 60.7 Å². The summed E-state index contributed by atoms with van der Waals surface area (Å²) in [6.07, 6.45) is -4.55.